The van der Waals surface area contributed by atoms with Crippen LogP contribution in [0.3, 0.4) is 0 Å². The number of benzene rings is 2. The highest BCUT2D eigenvalue weighted by molar-refractivity contribution is 6.01. The number of amides is 1. The molecule has 0 unspecified atom stereocenters. The molecule has 152 valence electrons. The summed E-state index contributed by atoms with van der Waals surface area (Å²) in [4.78, 5) is 14.3. The van der Waals surface area contributed by atoms with Crippen molar-refractivity contribution in [3.63, 3.8) is 0 Å². The van der Waals surface area contributed by atoms with E-state index in [0.29, 0.717) is 18.8 Å². The number of fused-ring (bicyclic) bond motifs is 1. The van der Waals surface area contributed by atoms with Crippen LogP contribution in [0, 0.1) is 0 Å². The van der Waals surface area contributed by atoms with Crippen molar-refractivity contribution < 1.29 is 18.7 Å². The number of hydrogen-bond donors (Lipinski definition) is 0. The number of furan rings is 1. The standard InChI is InChI=1S/C24H27NO4/c1-6-25(7-2)24(26)12-16(3)18-13-19-20(15-29-23(19)14-22(18)28-5)17-10-8-9-11-21(17)27-4/h8-15H,6-7H2,1-5H3/b16-12+. The van der Waals surface area contributed by atoms with Gasteiger partial charge in [-0.05, 0) is 38.5 Å². The largest absolute Gasteiger partial charge is 0.496 e. The number of rotatable bonds is 7. The number of methoxy groups -OCH3 is 2. The molecule has 0 spiro atoms. The van der Waals surface area contributed by atoms with Gasteiger partial charge in [-0.15, -0.1) is 0 Å². The lowest BCUT2D eigenvalue weighted by Crippen LogP contribution is -2.28. The first kappa shape index (κ1) is 20.5. The first-order valence-electron chi connectivity index (χ1n) is 9.74. The normalized spacial score (nSPS) is 11.6. The maximum atomic E-state index is 12.5. The van der Waals surface area contributed by atoms with Gasteiger partial charge in [-0.3, -0.25) is 4.79 Å². The van der Waals surface area contributed by atoms with Gasteiger partial charge in [0.25, 0.3) is 0 Å². The summed E-state index contributed by atoms with van der Waals surface area (Å²) in [5, 5.41) is 0.938. The molecule has 5 nitrogen and oxygen atoms in total. The number of likely N-dealkylation sites (N-methyl/N-ethyl adjacent to an activating group) is 1. The Bertz CT molecular complexity index is 1040. The van der Waals surface area contributed by atoms with Crippen molar-refractivity contribution in [1.29, 1.82) is 0 Å². The van der Waals surface area contributed by atoms with Crippen molar-refractivity contribution >= 4 is 22.4 Å². The Balaban J connectivity index is 2.14. The average Bonchev–Trinajstić information content (AvgIpc) is 3.16. The van der Waals surface area contributed by atoms with Crippen molar-refractivity contribution in [3.8, 4) is 22.6 Å². The number of hydrogen-bond acceptors (Lipinski definition) is 4. The third-order valence-electron chi connectivity index (χ3n) is 5.13. The SMILES string of the molecule is CCN(CC)C(=O)/C=C(\C)c1cc2c(-c3ccccc3OC)coc2cc1OC. The van der Waals surface area contributed by atoms with Crippen LogP contribution in [0.4, 0.5) is 0 Å². The van der Waals surface area contributed by atoms with Crippen LogP contribution in [0.25, 0.3) is 27.7 Å². The lowest BCUT2D eigenvalue weighted by Gasteiger charge is -2.17. The van der Waals surface area contributed by atoms with Gasteiger partial charge in [-0.2, -0.15) is 0 Å². The number of carbonyl (C=O) groups is 1. The summed E-state index contributed by atoms with van der Waals surface area (Å²) in [5.41, 5.74) is 4.30. The number of nitrogens with zero attached hydrogens (tertiary/aromatic N) is 1. The van der Waals surface area contributed by atoms with E-state index in [0.717, 1.165) is 39.0 Å². The van der Waals surface area contributed by atoms with Crippen molar-refractivity contribution in [2.45, 2.75) is 20.8 Å². The minimum atomic E-state index is -0.00760. The van der Waals surface area contributed by atoms with Crippen molar-refractivity contribution in [3.05, 3.63) is 54.3 Å². The summed E-state index contributed by atoms with van der Waals surface area (Å²) >= 11 is 0. The zero-order chi connectivity index (χ0) is 21.0. The second-order valence-corrected chi connectivity index (χ2v) is 6.74. The summed E-state index contributed by atoms with van der Waals surface area (Å²) < 4.78 is 16.9. The highest BCUT2D eigenvalue weighted by Crippen LogP contribution is 2.40. The third kappa shape index (κ3) is 3.99. The maximum absolute atomic E-state index is 12.5. The van der Waals surface area contributed by atoms with Crippen LogP contribution in [0.5, 0.6) is 11.5 Å². The average molecular weight is 393 g/mol. The van der Waals surface area contributed by atoms with Crippen molar-refractivity contribution in [2.75, 3.05) is 27.3 Å². The topological polar surface area (TPSA) is 51.9 Å². The predicted octanol–water partition coefficient (Wildman–Crippen LogP) is 5.39. The van der Waals surface area contributed by atoms with E-state index in [1.54, 1.807) is 31.5 Å². The molecule has 3 rings (SSSR count). The fraction of sp³-hybridized carbons (Fsp3) is 0.292. The third-order valence-corrected chi connectivity index (χ3v) is 5.13. The van der Waals surface area contributed by atoms with Gasteiger partial charge >= 0.3 is 0 Å². The van der Waals surface area contributed by atoms with Gasteiger partial charge in [0.1, 0.15) is 17.1 Å². The highest BCUT2D eigenvalue weighted by atomic mass is 16.5. The molecule has 1 aromatic heterocycles. The van der Waals surface area contributed by atoms with Crippen molar-refractivity contribution in [1.82, 2.24) is 4.90 Å². The van der Waals surface area contributed by atoms with Crippen LogP contribution in [0.2, 0.25) is 0 Å². The number of carbonyl (C=O) groups excluding carboxylic acids is 1. The molecular formula is C24H27NO4. The Kier molecular flexibility index (Phi) is 6.27. The van der Waals surface area contributed by atoms with Gasteiger partial charge in [0, 0.05) is 47.3 Å². The van der Waals surface area contributed by atoms with Gasteiger partial charge in [-0.25, -0.2) is 0 Å². The van der Waals surface area contributed by atoms with Crippen LogP contribution in [0.1, 0.15) is 26.3 Å². The molecule has 0 atom stereocenters. The molecule has 0 saturated heterocycles. The Morgan fingerprint density at radius 2 is 1.72 bits per heavy atom. The minimum absolute atomic E-state index is 0.00760. The number of allylic oxidation sites excluding steroid dienone is 1. The molecular weight excluding hydrogens is 366 g/mol. The Labute approximate surface area is 171 Å². The van der Waals surface area contributed by atoms with Gasteiger partial charge < -0.3 is 18.8 Å². The summed E-state index contributed by atoms with van der Waals surface area (Å²) in [6.45, 7) is 7.22. The smallest absolute Gasteiger partial charge is 0.246 e. The maximum Gasteiger partial charge on any atom is 0.246 e. The fourth-order valence-corrected chi connectivity index (χ4v) is 3.50. The van der Waals surface area contributed by atoms with Gasteiger partial charge in [0.05, 0.1) is 20.5 Å². The second kappa shape index (κ2) is 8.86. The Hall–Kier alpha value is -3.21. The summed E-state index contributed by atoms with van der Waals surface area (Å²) in [6.07, 6.45) is 3.39. The molecule has 1 heterocycles. The highest BCUT2D eigenvalue weighted by Gasteiger charge is 2.17. The molecule has 0 aliphatic heterocycles. The Morgan fingerprint density at radius 3 is 2.38 bits per heavy atom. The monoisotopic (exact) mass is 393 g/mol. The van der Waals surface area contributed by atoms with Crippen LogP contribution in [0.15, 0.2) is 53.2 Å². The second-order valence-electron chi connectivity index (χ2n) is 6.74. The minimum Gasteiger partial charge on any atom is -0.496 e. The van der Waals surface area contributed by atoms with Crippen LogP contribution >= 0.6 is 0 Å². The van der Waals surface area contributed by atoms with E-state index in [1.165, 1.54) is 0 Å². The Morgan fingerprint density at radius 1 is 1.03 bits per heavy atom. The lowest BCUT2D eigenvalue weighted by molar-refractivity contribution is -0.125. The van der Waals surface area contributed by atoms with E-state index >= 15 is 0 Å². The van der Waals surface area contributed by atoms with E-state index in [-0.39, 0.29) is 5.91 Å². The van der Waals surface area contributed by atoms with E-state index in [2.05, 4.69) is 0 Å². The first-order valence-corrected chi connectivity index (χ1v) is 9.74. The van der Waals surface area contributed by atoms with Gasteiger partial charge in [-0.1, -0.05) is 18.2 Å². The van der Waals surface area contributed by atoms with E-state index in [1.807, 2.05) is 57.2 Å². The van der Waals surface area contributed by atoms with E-state index in [4.69, 9.17) is 13.9 Å². The molecule has 0 fully saturated rings. The molecule has 0 aliphatic carbocycles. The summed E-state index contributed by atoms with van der Waals surface area (Å²) in [7, 11) is 3.27. The molecule has 0 bridgehead atoms. The van der Waals surface area contributed by atoms with Crippen molar-refractivity contribution in [2.24, 2.45) is 0 Å². The molecule has 0 saturated carbocycles. The fourth-order valence-electron chi connectivity index (χ4n) is 3.50. The zero-order valence-electron chi connectivity index (χ0n) is 17.6. The summed E-state index contributed by atoms with van der Waals surface area (Å²) in [5.74, 6) is 1.43. The molecule has 2 aromatic carbocycles. The number of para-hydroxylation sites is 1. The summed E-state index contributed by atoms with van der Waals surface area (Å²) in [6, 6.07) is 11.7. The lowest BCUT2D eigenvalue weighted by atomic mass is 9.98. The predicted molar refractivity (Wildman–Crippen MR) is 116 cm³/mol. The van der Waals surface area contributed by atoms with E-state index in [9.17, 15) is 4.79 Å². The van der Waals surface area contributed by atoms with Gasteiger partial charge in [0.2, 0.25) is 5.91 Å². The molecule has 5 heteroatoms. The first-order chi connectivity index (χ1) is 14.0. The van der Waals surface area contributed by atoms with Crippen LogP contribution in [-0.4, -0.2) is 38.1 Å². The molecule has 29 heavy (non-hydrogen) atoms. The molecule has 0 aliphatic rings. The quantitative estimate of drug-likeness (QED) is 0.505. The molecule has 1 amide bonds. The number of ether oxygens (including phenoxy) is 2. The van der Waals surface area contributed by atoms with Crippen LogP contribution in [-0.2, 0) is 4.79 Å². The molecule has 0 N–H and O–H groups in total. The molecule has 3 aromatic rings. The van der Waals surface area contributed by atoms with Crippen LogP contribution < -0.4 is 9.47 Å². The van der Waals surface area contributed by atoms with E-state index < -0.39 is 0 Å². The zero-order valence-corrected chi connectivity index (χ0v) is 17.6. The van der Waals surface area contributed by atoms with Gasteiger partial charge in [0.15, 0.2) is 0 Å². The molecule has 0 radical (unpaired) electrons.